The molecule has 2 aromatic heterocycles. The van der Waals surface area contributed by atoms with E-state index in [9.17, 15) is 0 Å². The molecule has 0 aliphatic rings. The van der Waals surface area contributed by atoms with Gasteiger partial charge in [-0.15, -0.1) is 0 Å². The largest absolute Gasteiger partial charge is 0.461 e. The van der Waals surface area contributed by atoms with Crippen LogP contribution in [0.4, 0.5) is 0 Å². The molecule has 0 unspecified atom stereocenters. The van der Waals surface area contributed by atoms with Crippen molar-refractivity contribution in [2.75, 3.05) is 0 Å². The monoisotopic (exact) mass is 251 g/mol. The minimum absolute atomic E-state index is 0.406. The highest BCUT2D eigenvalue weighted by Crippen LogP contribution is 2.25. The van der Waals surface area contributed by atoms with Crippen molar-refractivity contribution in [1.82, 2.24) is 10.1 Å². The van der Waals surface area contributed by atoms with E-state index >= 15 is 0 Å². The van der Waals surface area contributed by atoms with E-state index in [1.165, 1.54) is 0 Å². The summed E-state index contributed by atoms with van der Waals surface area (Å²) in [7, 11) is 0. The first kappa shape index (κ1) is 11.2. The molecule has 3 aromatic rings. The quantitative estimate of drug-likeness (QED) is 0.699. The van der Waals surface area contributed by atoms with Crippen molar-refractivity contribution in [3.05, 3.63) is 47.7 Å². The van der Waals surface area contributed by atoms with Crippen molar-refractivity contribution < 1.29 is 8.94 Å². The second-order valence-electron chi connectivity index (χ2n) is 4.04. The lowest BCUT2D eigenvalue weighted by molar-refractivity contribution is 0.429. The van der Waals surface area contributed by atoms with Gasteiger partial charge in [0.1, 0.15) is 0 Å². The number of aryl methyl sites for hydroxylation is 1. The topological polar surface area (TPSA) is 75.8 Å². The molecule has 3 rings (SSSR count). The Morgan fingerprint density at radius 1 is 1.26 bits per heavy atom. The van der Waals surface area contributed by atoms with Crippen molar-refractivity contribution in [2.45, 2.75) is 6.92 Å². The Balaban J connectivity index is 2.02. The van der Waals surface area contributed by atoms with Crippen molar-refractivity contribution >= 4 is 0 Å². The van der Waals surface area contributed by atoms with Crippen LogP contribution in [0.1, 0.15) is 11.1 Å². The van der Waals surface area contributed by atoms with E-state index in [2.05, 4.69) is 16.2 Å². The molecule has 5 nitrogen and oxygen atoms in total. The van der Waals surface area contributed by atoms with Crippen LogP contribution in [0.25, 0.3) is 23.0 Å². The second-order valence-corrected chi connectivity index (χ2v) is 4.04. The van der Waals surface area contributed by atoms with Gasteiger partial charge in [0, 0.05) is 5.56 Å². The molecular weight excluding hydrogens is 242 g/mol. The third kappa shape index (κ3) is 2.00. The Kier molecular flexibility index (Phi) is 2.62. The number of aromatic nitrogens is 2. The number of benzene rings is 1. The van der Waals surface area contributed by atoms with Crippen LogP contribution in [-0.2, 0) is 0 Å². The standard InChI is InChI=1S/C14H9N3O2/c1-9-7-10(8-15)4-5-11(9)14-16-13(17-19-14)12-3-2-6-18-12/h2-7H,1H3. The Morgan fingerprint density at radius 3 is 2.84 bits per heavy atom. The normalized spacial score (nSPS) is 10.3. The molecule has 0 bridgehead atoms. The molecule has 0 atom stereocenters. The molecule has 0 spiro atoms. The Hall–Kier alpha value is -2.87. The van der Waals surface area contributed by atoms with Crippen molar-refractivity contribution in [3.8, 4) is 29.1 Å². The number of hydrogen-bond donors (Lipinski definition) is 0. The van der Waals surface area contributed by atoms with Gasteiger partial charge < -0.3 is 8.94 Å². The zero-order chi connectivity index (χ0) is 13.2. The SMILES string of the molecule is Cc1cc(C#N)ccc1-c1nc(-c2ccco2)no1. The van der Waals surface area contributed by atoms with Gasteiger partial charge in [0.2, 0.25) is 5.82 Å². The molecule has 92 valence electrons. The number of rotatable bonds is 2. The highest BCUT2D eigenvalue weighted by Gasteiger charge is 2.14. The van der Waals surface area contributed by atoms with Gasteiger partial charge in [-0.2, -0.15) is 10.2 Å². The van der Waals surface area contributed by atoms with Gasteiger partial charge in [-0.05, 0) is 42.8 Å². The van der Waals surface area contributed by atoms with E-state index in [1.807, 2.05) is 6.92 Å². The highest BCUT2D eigenvalue weighted by molar-refractivity contribution is 5.62. The summed E-state index contributed by atoms with van der Waals surface area (Å²) in [6.45, 7) is 1.90. The Morgan fingerprint density at radius 2 is 2.16 bits per heavy atom. The van der Waals surface area contributed by atoms with E-state index < -0.39 is 0 Å². The highest BCUT2D eigenvalue weighted by atomic mass is 16.5. The van der Waals surface area contributed by atoms with Gasteiger partial charge in [0.05, 0.1) is 17.9 Å². The Bertz CT molecular complexity index is 751. The molecule has 0 aliphatic carbocycles. The first-order valence-corrected chi connectivity index (χ1v) is 5.66. The summed E-state index contributed by atoms with van der Waals surface area (Å²) in [4.78, 5) is 4.28. The van der Waals surface area contributed by atoms with E-state index in [0.29, 0.717) is 23.0 Å². The average Bonchev–Trinajstić information content (AvgIpc) is 3.09. The van der Waals surface area contributed by atoms with E-state index in [1.54, 1.807) is 36.6 Å². The van der Waals surface area contributed by atoms with E-state index in [4.69, 9.17) is 14.2 Å². The molecule has 1 aromatic carbocycles. The predicted molar refractivity (Wildman–Crippen MR) is 66.9 cm³/mol. The van der Waals surface area contributed by atoms with Crippen molar-refractivity contribution in [2.24, 2.45) is 0 Å². The number of nitriles is 1. The molecular formula is C14H9N3O2. The summed E-state index contributed by atoms with van der Waals surface area (Å²) in [5.74, 6) is 1.37. The van der Waals surface area contributed by atoms with Crippen LogP contribution < -0.4 is 0 Å². The van der Waals surface area contributed by atoms with Gasteiger partial charge in [-0.25, -0.2) is 0 Å². The molecule has 0 N–H and O–H groups in total. The molecule has 0 saturated carbocycles. The van der Waals surface area contributed by atoms with Crippen LogP contribution in [0.15, 0.2) is 45.5 Å². The maximum Gasteiger partial charge on any atom is 0.258 e. The zero-order valence-electron chi connectivity index (χ0n) is 10.1. The minimum atomic E-state index is 0.406. The first-order chi connectivity index (χ1) is 9.28. The number of furan rings is 1. The lowest BCUT2D eigenvalue weighted by atomic mass is 10.1. The molecule has 2 heterocycles. The van der Waals surface area contributed by atoms with Crippen molar-refractivity contribution in [3.63, 3.8) is 0 Å². The maximum absolute atomic E-state index is 8.84. The van der Waals surface area contributed by atoms with Gasteiger partial charge in [0.25, 0.3) is 5.89 Å². The summed E-state index contributed by atoms with van der Waals surface area (Å²) >= 11 is 0. The molecule has 5 heteroatoms. The average molecular weight is 251 g/mol. The smallest absolute Gasteiger partial charge is 0.258 e. The van der Waals surface area contributed by atoms with Crippen LogP contribution in [0.5, 0.6) is 0 Å². The lowest BCUT2D eigenvalue weighted by Gasteiger charge is -1.99. The number of hydrogen-bond acceptors (Lipinski definition) is 5. The van der Waals surface area contributed by atoms with Crippen LogP contribution >= 0.6 is 0 Å². The summed E-state index contributed by atoms with van der Waals surface area (Å²) in [6, 6.07) is 10.9. The molecule has 0 aliphatic heterocycles. The second kappa shape index (κ2) is 4.42. The van der Waals surface area contributed by atoms with Crippen LogP contribution in [0, 0.1) is 18.3 Å². The lowest BCUT2D eigenvalue weighted by Crippen LogP contribution is -1.85. The van der Waals surface area contributed by atoms with E-state index in [-0.39, 0.29) is 0 Å². The van der Waals surface area contributed by atoms with Crippen LogP contribution in [0.3, 0.4) is 0 Å². The summed E-state index contributed by atoms with van der Waals surface area (Å²) in [5.41, 5.74) is 2.32. The van der Waals surface area contributed by atoms with Crippen LogP contribution in [-0.4, -0.2) is 10.1 Å². The molecule has 0 radical (unpaired) electrons. The summed E-state index contributed by atoms with van der Waals surface area (Å²) in [6.07, 6.45) is 1.55. The summed E-state index contributed by atoms with van der Waals surface area (Å²) in [5, 5.41) is 12.7. The minimum Gasteiger partial charge on any atom is -0.461 e. The first-order valence-electron chi connectivity index (χ1n) is 5.66. The predicted octanol–water partition coefficient (Wildman–Crippen LogP) is 3.18. The molecule has 0 fully saturated rings. The fraction of sp³-hybridized carbons (Fsp3) is 0.0714. The third-order valence-electron chi connectivity index (χ3n) is 2.75. The maximum atomic E-state index is 8.84. The number of nitrogens with zero attached hydrogens (tertiary/aromatic N) is 3. The fourth-order valence-electron chi connectivity index (χ4n) is 1.81. The van der Waals surface area contributed by atoms with Gasteiger partial charge in [0.15, 0.2) is 5.76 Å². The van der Waals surface area contributed by atoms with Gasteiger partial charge >= 0.3 is 0 Å². The molecule has 0 saturated heterocycles. The molecule has 19 heavy (non-hydrogen) atoms. The van der Waals surface area contributed by atoms with Gasteiger partial charge in [-0.3, -0.25) is 0 Å². The van der Waals surface area contributed by atoms with Gasteiger partial charge in [-0.1, -0.05) is 5.16 Å². The summed E-state index contributed by atoms with van der Waals surface area (Å²) < 4.78 is 10.4. The fourth-order valence-corrected chi connectivity index (χ4v) is 1.81. The van der Waals surface area contributed by atoms with E-state index in [0.717, 1.165) is 11.1 Å². The third-order valence-corrected chi connectivity index (χ3v) is 2.75. The molecule has 0 amide bonds. The Labute approximate surface area is 109 Å². The van der Waals surface area contributed by atoms with Crippen molar-refractivity contribution in [1.29, 1.82) is 5.26 Å². The van der Waals surface area contributed by atoms with Crippen LogP contribution in [0.2, 0.25) is 0 Å². The zero-order valence-corrected chi connectivity index (χ0v) is 10.1.